The quantitative estimate of drug-likeness (QED) is 0.739. The van der Waals surface area contributed by atoms with Gasteiger partial charge in [0.2, 0.25) is 0 Å². The van der Waals surface area contributed by atoms with Crippen LogP contribution in [0, 0.1) is 0 Å². The van der Waals surface area contributed by atoms with E-state index in [0.29, 0.717) is 0 Å². The molecule has 0 bridgehead atoms. The lowest BCUT2D eigenvalue weighted by Gasteiger charge is -2.22. The fraction of sp³-hybridized carbons (Fsp3) is 0.444. The number of ether oxygens (including phenoxy) is 1. The molecule has 1 aromatic heterocycles. The molecule has 1 fully saturated rings. The van der Waals surface area contributed by atoms with E-state index in [0.717, 1.165) is 25.5 Å². The largest absolute Gasteiger partial charge is 0.378 e. The Balaban J connectivity index is 0.000000845. The van der Waals surface area contributed by atoms with Gasteiger partial charge in [-0.2, -0.15) is 0 Å². The van der Waals surface area contributed by atoms with E-state index in [2.05, 4.69) is 10.3 Å². The first-order chi connectivity index (χ1) is 5.97. The smallest absolute Gasteiger partial charge is 0.0733 e. The zero-order valence-electron chi connectivity index (χ0n) is 7.27. The highest BCUT2D eigenvalue weighted by Crippen LogP contribution is 2.11. The van der Waals surface area contributed by atoms with Crippen LogP contribution in [0.3, 0.4) is 0 Å². The third kappa shape index (κ3) is 2.66. The molecule has 0 aliphatic carbocycles. The summed E-state index contributed by atoms with van der Waals surface area (Å²) in [6, 6.07) is 6.22. The van der Waals surface area contributed by atoms with Crippen LogP contribution in [0.5, 0.6) is 0 Å². The Morgan fingerprint density at radius 2 is 2.38 bits per heavy atom. The predicted octanol–water partition coefficient (Wildman–Crippen LogP) is 1.16. The summed E-state index contributed by atoms with van der Waals surface area (Å²) in [6.07, 6.45) is 1.81. The Morgan fingerprint density at radius 3 is 3.00 bits per heavy atom. The lowest BCUT2D eigenvalue weighted by Crippen LogP contribution is -2.34. The van der Waals surface area contributed by atoms with Crippen molar-refractivity contribution in [3.63, 3.8) is 0 Å². The molecule has 2 heterocycles. The molecule has 0 radical (unpaired) electrons. The highest BCUT2D eigenvalue weighted by molar-refractivity contribution is 5.85. The van der Waals surface area contributed by atoms with Crippen molar-refractivity contribution in [2.24, 2.45) is 0 Å². The fourth-order valence-electron chi connectivity index (χ4n) is 1.34. The van der Waals surface area contributed by atoms with E-state index in [4.69, 9.17) is 4.74 Å². The number of nitrogens with one attached hydrogen (secondary N) is 1. The number of nitrogens with zero attached hydrogens (tertiary/aromatic N) is 1. The molecule has 0 amide bonds. The Morgan fingerprint density at radius 1 is 1.46 bits per heavy atom. The molecule has 0 spiro atoms. The summed E-state index contributed by atoms with van der Waals surface area (Å²) in [7, 11) is 0. The van der Waals surface area contributed by atoms with Crippen molar-refractivity contribution in [1.82, 2.24) is 10.3 Å². The van der Waals surface area contributed by atoms with Gasteiger partial charge in [-0.15, -0.1) is 12.4 Å². The van der Waals surface area contributed by atoms with E-state index >= 15 is 0 Å². The Bertz CT molecular complexity index is 237. The van der Waals surface area contributed by atoms with Gasteiger partial charge >= 0.3 is 0 Å². The van der Waals surface area contributed by atoms with Crippen molar-refractivity contribution in [3.8, 4) is 0 Å². The Kier molecular flexibility index (Phi) is 4.15. The van der Waals surface area contributed by atoms with Crippen LogP contribution in [0.25, 0.3) is 0 Å². The molecule has 13 heavy (non-hydrogen) atoms. The van der Waals surface area contributed by atoms with Gasteiger partial charge in [-0.25, -0.2) is 0 Å². The minimum absolute atomic E-state index is 0. The van der Waals surface area contributed by atoms with Crippen molar-refractivity contribution in [3.05, 3.63) is 30.1 Å². The molecule has 0 aromatic carbocycles. The number of halogens is 1. The van der Waals surface area contributed by atoms with E-state index < -0.39 is 0 Å². The van der Waals surface area contributed by atoms with Crippen LogP contribution in [0.1, 0.15) is 11.7 Å². The molecular formula is C9H13ClN2O. The van der Waals surface area contributed by atoms with Crippen LogP contribution in [0.4, 0.5) is 0 Å². The fourth-order valence-corrected chi connectivity index (χ4v) is 1.34. The van der Waals surface area contributed by atoms with Gasteiger partial charge < -0.3 is 10.1 Å². The summed E-state index contributed by atoms with van der Waals surface area (Å²) >= 11 is 0. The van der Waals surface area contributed by atoms with Crippen molar-refractivity contribution in [2.75, 3.05) is 19.8 Å². The molecule has 1 N–H and O–H groups in total. The topological polar surface area (TPSA) is 34.1 Å². The predicted molar refractivity (Wildman–Crippen MR) is 53.0 cm³/mol. The number of rotatable bonds is 1. The first-order valence-corrected chi connectivity index (χ1v) is 4.19. The summed E-state index contributed by atoms with van der Waals surface area (Å²) in [6.45, 7) is 2.46. The zero-order chi connectivity index (χ0) is 8.23. The van der Waals surface area contributed by atoms with Gasteiger partial charge in [0.15, 0.2) is 0 Å². The van der Waals surface area contributed by atoms with Gasteiger partial charge in [-0.3, -0.25) is 4.98 Å². The second-order valence-electron chi connectivity index (χ2n) is 2.84. The standard InChI is InChI=1S/C9H12N2O.ClH/c1-2-4-10-8(3-1)9-7-12-6-5-11-9;/h1-4,9,11H,5-7H2;1H/t9-;/m1./s1. The lowest BCUT2D eigenvalue weighted by atomic mass is 10.2. The monoisotopic (exact) mass is 200 g/mol. The summed E-state index contributed by atoms with van der Waals surface area (Å²) < 4.78 is 5.33. The number of pyridine rings is 1. The van der Waals surface area contributed by atoms with Crippen LogP contribution in [-0.4, -0.2) is 24.7 Å². The van der Waals surface area contributed by atoms with Crippen LogP contribution in [-0.2, 0) is 4.74 Å². The number of aromatic nitrogens is 1. The highest BCUT2D eigenvalue weighted by atomic mass is 35.5. The maximum absolute atomic E-state index is 5.33. The average molecular weight is 201 g/mol. The molecule has 1 atom stereocenters. The molecule has 0 saturated carbocycles. The minimum Gasteiger partial charge on any atom is -0.378 e. The van der Waals surface area contributed by atoms with E-state index in [-0.39, 0.29) is 18.4 Å². The minimum atomic E-state index is 0. The SMILES string of the molecule is Cl.c1ccc([C@H]2COCCN2)nc1. The van der Waals surface area contributed by atoms with E-state index in [1.807, 2.05) is 24.4 Å². The molecule has 72 valence electrons. The first kappa shape index (κ1) is 10.4. The average Bonchev–Trinajstić information content (AvgIpc) is 2.21. The molecule has 1 aromatic rings. The summed E-state index contributed by atoms with van der Waals surface area (Å²) in [5.41, 5.74) is 1.07. The summed E-state index contributed by atoms with van der Waals surface area (Å²) in [4.78, 5) is 4.26. The normalized spacial score (nSPS) is 22.0. The van der Waals surface area contributed by atoms with Gasteiger partial charge in [0.1, 0.15) is 0 Å². The maximum atomic E-state index is 5.33. The van der Waals surface area contributed by atoms with Gasteiger partial charge in [0.25, 0.3) is 0 Å². The Labute approximate surface area is 83.9 Å². The first-order valence-electron chi connectivity index (χ1n) is 4.19. The van der Waals surface area contributed by atoms with Crippen LogP contribution >= 0.6 is 12.4 Å². The van der Waals surface area contributed by atoms with Crippen LogP contribution in [0.2, 0.25) is 0 Å². The molecule has 1 aliphatic heterocycles. The van der Waals surface area contributed by atoms with E-state index in [9.17, 15) is 0 Å². The van der Waals surface area contributed by atoms with Crippen molar-refractivity contribution >= 4 is 12.4 Å². The van der Waals surface area contributed by atoms with Crippen molar-refractivity contribution < 1.29 is 4.74 Å². The molecule has 0 unspecified atom stereocenters. The third-order valence-electron chi connectivity index (χ3n) is 1.97. The van der Waals surface area contributed by atoms with Gasteiger partial charge in [-0.1, -0.05) is 6.07 Å². The van der Waals surface area contributed by atoms with Crippen molar-refractivity contribution in [1.29, 1.82) is 0 Å². The van der Waals surface area contributed by atoms with Gasteiger partial charge in [0.05, 0.1) is 24.9 Å². The van der Waals surface area contributed by atoms with Gasteiger partial charge in [0, 0.05) is 12.7 Å². The second-order valence-corrected chi connectivity index (χ2v) is 2.84. The number of hydrogen-bond donors (Lipinski definition) is 1. The molecule has 1 aliphatic rings. The van der Waals surface area contributed by atoms with E-state index in [1.165, 1.54) is 0 Å². The van der Waals surface area contributed by atoms with Crippen LogP contribution < -0.4 is 5.32 Å². The third-order valence-corrected chi connectivity index (χ3v) is 1.97. The molecular weight excluding hydrogens is 188 g/mol. The zero-order valence-corrected chi connectivity index (χ0v) is 8.09. The van der Waals surface area contributed by atoms with E-state index in [1.54, 1.807) is 0 Å². The van der Waals surface area contributed by atoms with Crippen molar-refractivity contribution in [2.45, 2.75) is 6.04 Å². The molecule has 3 nitrogen and oxygen atoms in total. The molecule has 2 rings (SSSR count). The Hall–Kier alpha value is -0.640. The molecule has 1 saturated heterocycles. The summed E-state index contributed by atoms with van der Waals surface area (Å²) in [5, 5.41) is 3.35. The number of morpholine rings is 1. The van der Waals surface area contributed by atoms with Crippen LogP contribution in [0.15, 0.2) is 24.4 Å². The maximum Gasteiger partial charge on any atom is 0.0733 e. The van der Waals surface area contributed by atoms with Gasteiger partial charge in [-0.05, 0) is 12.1 Å². The highest BCUT2D eigenvalue weighted by Gasteiger charge is 2.15. The molecule has 4 heteroatoms. The second kappa shape index (κ2) is 5.17. The number of hydrogen-bond acceptors (Lipinski definition) is 3. The lowest BCUT2D eigenvalue weighted by molar-refractivity contribution is 0.0756. The summed E-state index contributed by atoms with van der Waals surface area (Å²) in [5.74, 6) is 0.